The number of halogens is 3. The van der Waals surface area contributed by atoms with E-state index in [0.29, 0.717) is 32.6 Å². The average molecular weight is 477 g/mol. The van der Waals surface area contributed by atoms with E-state index < -0.39 is 11.7 Å². The minimum Gasteiger partial charge on any atom is -0.326 e. The monoisotopic (exact) mass is 476 g/mol. The first-order valence-electron chi connectivity index (χ1n) is 9.27. The number of nitrogens with one attached hydrogen (secondary N) is 2. The number of carbonyl (C=O) groups excluding carboxylic acids is 2. The number of rotatable bonds is 5. The predicted molar refractivity (Wildman–Crippen MR) is 119 cm³/mol. The molecule has 2 N–H and O–H groups in total. The highest BCUT2D eigenvalue weighted by Gasteiger charge is 2.30. The van der Waals surface area contributed by atoms with Gasteiger partial charge in [0, 0.05) is 23.6 Å². The zero-order valence-corrected chi connectivity index (χ0v) is 18.1. The van der Waals surface area contributed by atoms with Gasteiger partial charge in [-0.25, -0.2) is 9.97 Å². The number of anilines is 2. The summed E-state index contributed by atoms with van der Waals surface area (Å²) in [6, 6.07) is 10.0. The van der Waals surface area contributed by atoms with Gasteiger partial charge in [0.05, 0.1) is 27.9 Å². The summed E-state index contributed by atoms with van der Waals surface area (Å²) in [4.78, 5) is 32.3. The fraction of sp³-hybridized carbons (Fsp3) is 0.143. The molecule has 0 aliphatic rings. The largest absolute Gasteiger partial charge is 0.416 e. The molecular weight excluding hydrogens is 461 g/mol. The van der Waals surface area contributed by atoms with E-state index in [-0.39, 0.29) is 18.2 Å². The number of thiazole rings is 2. The molecule has 0 radical (unpaired) electrons. The van der Waals surface area contributed by atoms with Crippen LogP contribution in [-0.4, -0.2) is 21.8 Å². The van der Waals surface area contributed by atoms with Crippen molar-refractivity contribution in [3.63, 3.8) is 0 Å². The Balaban J connectivity index is 1.41. The van der Waals surface area contributed by atoms with Crippen molar-refractivity contribution in [1.82, 2.24) is 9.97 Å². The Morgan fingerprint density at radius 2 is 1.78 bits per heavy atom. The Kier molecular flexibility index (Phi) is 5.94. The highest BCUT2D eigenvalue weighted by molar-refractivity contribution is 7.22. The van der Waals surface area contributed by atoms with E-state index in [4.69, 9.17) is 0 Å². The lowest BCUT2D eigenvalue weighted by Gasteiger charge is -2.06. The summed E-state index contributed by atoms with van der Waals surface area (Å²) >= 11 is 2.53. The second kappa shape index (κ2) is 8.67. The zero-order valence-electron chi connectivity index (χ0n) is 16.5. The minimum atomic E-state index is -4.39. The molecule has 0 bridgehead atoms. The number of aromatic nitrogens is 2. The molecule has 6 nitrogen and oxygen atoms in total. The van der Waals surface area contributed by atoms with Crippen LogP contribution >= 0.6 is 22.7 Å². The van der Waals surface area contributed by atoms with Crippen molar-refractivity contribution in [2.45, 2.75) is 19.5 Å². The first kappa shape index (κ1) is 21.9. The van der Waals surface area contributed by atoms with Crippen molar-refractivity contribution >= 4 is 55.5 Å². The van der Waals surface area contributed by atoms with Gasteiger partial charge in [-0.2, -0.15) is 13.2 Å². The van der Waals surface area contributed by atoms with E-state index in [9.17, 15) is 22.8 Å². The fourth-order valence-corrected chi connectivity index (χ4v) is 4.66. The molecule has 2 aromatic heterocycles. The number of hydrogen-bond donors (Lipinski definition) is 2. The van der Waals surface area contributed by atoms with Crippen LogP contribution in [-0.2, 0) is 22.2 Å². The van der Waals surface area contributed by atoms with Crippen LogP contribution in [0.15, 0.2) is 47.8 Å². The molecule has 4 rings (SSSR count). The molecule has 4 aromatic rings. The van der Waals surface area contributed by atoms with Crippen LogP contribution in [0.2, 0.25) is 0 Å². The van der Waals surface area contributed by atoms with E-state index in [1.165, 1.54) is 41.7 Å². The maximum atomic E-state index is 12.7. The van der Waals surface area contributed by atoms with Crippen molar-refractivity contribution in [3.05, 3.63) is 59.1 Å². The lowest BCUT2D eigenvalue weighted by Crippen LogP contribution is -2.14. The summed E-state index contributed by atoms with van der Waals surface area (Å²) in [6.45, 7) is 1.42. The first-order valence-corrected chi connectivity index (χ1v) is 11.0. The van der Waals surface area contributed by atoms with E-state index in [1.807, 2.05) is 0 Å². The van der Waals surface area contributed by atoms with Crippen molar-refractivity contribution in [2.24, 2.45) is 0 Å². The third kappa shape index (κ3) is 5.11. The highest BCUT2D eigenvalue weighted by Crippen LogP contribution is 2.32. The summed E-state index contributed by atoms with van der Waals surface area (Å²) < 4.78 is 38.9. The van der Waals surface area contributed by atoms with Gasteiger partial charge in [0.25, 0.3) is 0 Å². The van der Waals surface area contributed by atoms with Gasteiger partial charge >= 0.3 is 6.18 Å². The molecule has 0 aliphatic heterocycles. The second-order valence-electron chi connectivity index (χ2n) is 6.83. The summed E-state index contributed by atoms with van der Waals surface area (Å²) in [5, 5.41) is 8.08. The topological polar surface area (TPSA) is 84.0 Å². The van der Waals surface area contributed by atoms with Crippen LogP contribution in [0.3, 0.4) is 0 Å². The number of nitrogens with zero attached hydrogens (tertiary/aromatic N) is 2. The van der Waals surface area contributed by atoms with Crippen molar-refractivity contribution in [2.75, 3.05) is 10.6 Å². The molecule has 0 saturated heterocycles. The summed E-state index contributed by atoms with van der Waals surface area (Å²) in [7, 11) is 0. The fourth-order valence-electron chi connectivity index (χ4n) is 2.91. The molecule has 164 valence electrons. The molecule has 0 unspecified atom stereocenters. The van der Waals surface area contributed by atoms with E-state index >= 15 is 0 Å². The predicted octanol–water partition coefficient (Wildman–Crippen LogP) is 5.58. The average Bonchev–Trinajstić information content (AvgIpc) is 3.33. The van der Waals surface area contributed by atoms with Gasteiger partial charge in [-0.1, -0.05) is 23.5 Å². The van der Waals surface area contributed by atoms with Crippen LogP contribution in [0.25, 0.3) is 20.8 Å². The van der Waals surface area contributed by atoms with E-state index in [0.717, 1.165) is 16.8 Å². The lowest BCUT2D eigenvalue weighted by atomic mass is 10.1. The van der Waals surface area contributed by atoms with Gasteiger partial charge in [0.15, 0.2) is 5.13 Å². The Hall–Kier alpha value is -3.31. The molecule has 32 heavy (non-hydrogen) atoms. The number of benzene rings is 2. The molecule has 2 aromatic carbocycles. The Morgan fingerprint density at radius 3 is 2.47 bits per heavy atom. The van der Waals surface area contributed by atoms with Gasteiger partial charge in [0.1, 0.15) is 5.01 Å². The summed E-state index contributed by atoms with van der Waals surface area (Å²) in [5.41, 5.74) is 1.67. The molecule has 0 aliphatic carbocycles. The zero-order chi connectivity index (χ0) is 22.9. The molecular formula is C21H15F3N4O2S2. The molecule has 2 amide bonds. The summed E-state index contributed by atoms with van der Waals surface area (Å²) in [6.07, 6.45) is -4.39. The van der Waals surface area contributed by atoms with Crippen molar-refractivity contribution < 1.29 is 22.8 Å². The number of amides is 2. The van der Waals surface area contributed by atoms with Gasteiger partial charge < -0.3 is 10.6 Å². The molecule has 0 fully saturated rings. The molecule has 0 saturated carbocycles. The van der Waals surface area contributed by atoms with Crippen molar-refractivity contribution in [3.8, 4) is 10.6 Å². The smallest absolute Gasteiger partial charge is 0.326 e. The van der Waals surface area contributed by atoms with Crippen LogP contribution in [0.4, 0.5) is 24.0 Å². The van der Waals surface area contributed by atoms with Crippen LogP contribution in [0.1, 0.15) is 18.2 Å². The quantitative estimate of drug-likeness (QED) is 0.394. The number of carbonyl (C=O) groups is 2. The first-order chi connectivity index (χ1) is 15.2. The Labute approximate surface area is 188 Å². The number of hydrogen-bond acceptors (Lipinski definition) is 6. The van der Waals surface area contributed by atoms with E-state index in [2.05, 4.69) is 20.6 Å². The van der Waals surface area contributed by atoms with Crippen LogP contribution in [0.5, 0.6) is 0 Å². The lowest BCUT2D eigenvalue weighted by molar-refractivity contribution is -0.137. The van der Waals surface area contributed by atoms with Gasteiger partial charge in [0.2, 0.25) is 11.8 Å². The Morgan fingerprint density at radius 1 is 1.03 bits per heavy atom. The molecule has 0 spiro atoms. The van der Waals surface area contributed by atoms with E-state index in [1.54, 1.807) is 23.6 Å². The number of fused-ring (bicyclic) bond motifs is 1. The SMILES string of the molecule is CC(=O)Nc1ccc2nc(NC(=O)Cc3csc(-c4ccc(C(F)(F)F)cc4)n3)sc2c1. The van der Waals surface area contributed by atoms with Gasteiger partial charge in [-0.15, -0.1) is 11.3 Å². The van der Waals surface area contributed by atoms with Crippen LogP contribution < -0.4 is 10.6 Å². The Bertz CT molecular complexity index is 1300. The third-order valence-corrected chi connectivity index (χ3v) is 6.18. The highest BCUT2D eigenvalue weighted by atomic mass is 32.1. The molecule has 0 atom stereocenters. The number of alkyl halides is 3. The maximum Gasteiger partial charge on any atom is 0.416 e. The van der Waals surface area contributed by atoms with Gasteiger partial charge in [-0.3, -0.25) is 9.59 Å². The second-order valence-corrected chi connectivity index (χ2v) is 8.72. The summed E-state index contributed by atoms with van der Waals surface area (Å²) in [5.74, 6) is -0.489. The molecule has 2 heterocycles. The maximum absolute atomic E-state index is 12.7. The minimum absolute atomic E-state index is 0.00417. The van der Waals surface area contributed by atoms with Crippen molar-refractivity contribution in [1.29, 1.82) is 0 Å². The molecule has 11 heteroatoms. The standard InChI is InChI=1S/C21H15F3N4O2S2/c1-11(29)25-14-6-7-16-17(8-14)32-20(27-16)28-18(30)9-15-10-31-19(26-15)12-2-4-13(5-3-12)21(22,23)24/h2-8,10H,9H2,1H3,(H,25,29)(H,27,28,30). The van der Waals surface area contributed by atoms with Gasteiger partial charge in [-0.05, 0) is 30.3 Å². The third-order valence-electron chi connectivity index (χ3n) is 4.31. The van der Waals surface area contributed by atoms with Crippen LogP contribution in [0, 0.1) is 0 Å². The normalized spacial score (nSPS) is 11.5.